The summed E-state index contributed by atoms with van der Waals surface area (Å²) >= 11 is 0. The predicted molar refractivity (Wildman–Crippen MR) is 271 cm³/mol. The Hall–Kier alpha value is -4.39. The topological polar surface area (TPSA) is 239 Å². The molecule has 3 aliphatic heterocycles. The van der Waals surface area contributed by atoms with E-state index in [0.29, 0.717) is 82.6 Å². The zero-order chi connectivity index (χ0) is 54.0. The van der Waals surface area contributed by atoms with E-state index in [2.05, 4.69) is 0 Å². The minimum Gasteiger partial charge on any atom is -0.481 e. The van der Waals surface area contributed by atoms with Crippen LogP contribution in [0.2, 0.25) is 0 Å². The smallest absolute Gasteiger partial charge is 0.329 e. The minimum atomic E-state index is -2.46. The van der Waals surface area contributed by atoms with Crippen LogP contribution in [0.1, 0.15) is 151 Å². The summed E-state index contributed by atoms with van der Waals surface area (Å²) in [7, 11) is 4.47. The van der Waals surface area contributed by atoms with Crippen molar-refractivity contribution in [2.45, 2.75) is 205 Å². The molecule has 410 valence electrons. The molecule has 17 heteroatoms. The van der Waals surface area contributed by atoms with Gasteiger partial charge in [-0.2, -0.15) is 0 Å². The first-order valence-electron chi connectivity index (χ1n) is 26.5. The maximum Gasteiger partial charge on any atom is 0.329 e. The van der Waals surface area contributed by atoms with E-state index >= 15 is 0 Å². The van der Waals surface area contributed by atoms with E-state index in [9.17, 15) is 43.8 Å². The number of amides is 1. The summed E-state index contributed by atoms with van der Waals surface area (Å²) in [6.45, 7) is 10.9. The molecule has 4 rings (SSSR count). The van der Waals surface area contributed by atoms with Crippen LogP contribution in [-0.4, -0.2) is 144 Å². The van der Waals surface area contributed by atoms with E-state index in [-0.39, 0.29) is 62.1 Å². The quantitative estimate of drug-likeness (QED) is 0.0763. The third-order valence-electron chi connectivity index (χ3n) is 15.4. The fourth-order valence-corrected chi connectivity index (χ4v) is 10.7. The molecule has 0 aromatic heterocycles. The van der Waals surface area contributed by atoms with Gasteiger partial charge in [0.05, 0.1) is 18.3 Å². The maximum atomic E-state index is 14.5. The summed E-state index contributed by atoms with van der Waals surface area (Å²) in [6, 6.07) is -1.18. The Bertz CT molecular complexity index is 2010. The van der Waals surface area contributed by atoms with Crippen molar-refractivity contribution in [3.63, 3.8) is 0 Å². The number of aliphatic carboxylic acids is 1. The first kappa shape index (κ1) is 61.2. The van der Waals surface area contributed by atoms with Crippen LogP contribution in [0.25, 0.3) is 0 Å². The van der Waals surface area contributed by atoms with Crippen molar-refractivity contribution in [1.29, 1.82) is 0 Å². The predicted octanol–water partition coefficient (Wildman–Crippen LogP) is 7.13. The Morgan fingerprint density at radius 2 is 1.58 bits per heavy atom. The number of carbonyl (C=O) groups excluding carboxylic acids is 6. The zero-order valence-electron chi connectivity index (χ0n) is 44.8. The fourth-order valence-electron chi connectivity index (χ4n) is 10.7. The number of carboxylic acid groups (broad SMARTS) is 1. The van der Waals surface area contributed by atoms with Crippen molar-refractivity contribution >= 4 is 41.2 Å². The lowest BCUT2D eigenvalue weighted by Gasteiger charge is -2.42. The standard InChI is InChI=1S/C56H85NO16/c1-34-17-11-10-12-18-35(2)45(68-7)33-42-26-23-39(6)56(67,73-42)53(64)54(65)57-28-16-15-19-43(57)55(66)72-46(32-41(58)25-22-36(3)50(62)52(70-9)51(63)38(5)29-34)37(4)30-40-24-27-44(47(31-40)69-8)71-49(61)21-14-13-20-48(59)60/h10-12,17-18,22,34,37-40,42-47,50,52,62,67H,13-16,19-21,23-33H2,1-9H3,(H,59,60)/b12-10?,17-11+,35-18?,36-22+/t34-,37-,38-,39-,40+,42+,43+,44-,45+,46+,47-,50-,52-,56-/m1/s1. The van der Waals surface area contributed by atoms with Gasteiger partial charge >= 0.3 is 17.9 Å². The molecular weight excluding hydrogens is 943 g/mol. The molecule has 14 atom stereocenters. The molecule has 3 heterocycles. The normalized spacial score (nSPS) is 34.9. The van der Waals surface area contributed by atoms with Gasteiger partial charge in [0.1, 0.15) is 36.2 Å². The van der Waals surface area contributed by atoms with Gasteiger partial charge in [-0.1, -0.05) is 64.2 Å². The lowest BCUT2D eigenvalue weighted by molar-refractivity contribution is -0.265. The largest absolute Gasteiger partial charge is 0.481 e. The Balaban J connectivity index is 1.63. The highest BCUT2D eigenvalue weighted by Gasteiger charge is 2.53. The lowest BCUT2D eigenvalue weighted by atomic mass is 9.78. The average Bonchev–Trinajstić information content (AvgIpc) is 3.36. The number of unbranched alkanes of at least 4 members (excludes halogenated alkanes) is 1. The Morgan fingerprint density at radius 1 is 0.849 bits per heavy atom. The van der Waals surface area contributed by atoms with Crippen molar-refractivity contribution in [2.24, 2.45) is 29.6 Å². The number of ketones is 3. The van der Waals surface area contributed by atoms with Crippen molar-refractivity contribution < 1.29 is 77.3 Å². The van der Waals surface area contributed by atoms with Crippen LogP contribution in [0, 0.1) is 29.6 Å². The summed E-state index contributed by atoms with van der Waals surface area (Å²) in [5, 5.41) is 32.3. The number of rotatable bonds is 12. The highest BCUT2D eigenvalue weighted by molar-refractivity contribution is 6.39. The van der Waals surface area contributed by atoms with Crippen LogP contribution in [0.4, 0.5) is 0 Å². The van der Waals surface area contributed by atoms with Crippen molar-refractivity contribution in [2.75, 3.05) is 27.9 Å². The number of nitrogens with zero attached hydrogens (tertiary/aromatic N) is 1. The lowest BCUT2D eigenvalue weighted by Crippen LogP contribution is -2.61. The van der Waals surface area contributed by atoms with E-state index in [0.717, 1.165) is 5.57 Å². The molecule has 17 nitrogen and oxygen atoms in total. The molecule has 3 fully saturated rings. The second-order valence-corrected chi connectivity index (χ2v) is 21.2. The van der Waals surface area contributed by atoms with E-state index in [1.807, 2.05) is 51.2 Å². The Kier molecular flexibility index (Phi) is 24.8. The fraction of sp³-hybridized carbons (Fsp3) is 0.732. The zero-order valence-corrected chi connectivity index (χ0v) is 44.8. The third kappa shape index (κ3) is 17.9. The van der Waals surface area contributed by atoms with Gasteiger partial charge in [0, 0.05) is 71.8 Å². The molecule has 0 aromatic rings. The van der Waals surface area contributed by atoms with Gasteiger partial charge in [0.15, 0.2) is 5.78 Å². The number of piperidine rings is 1. The van der Waals surface area contributed by atoms with E-state index in [1.165, 1.54) is 12.0 Å². The molecule has 3 N–H and O–H groups in total. The number of aliphatic hydroxyl groups excluding tert-OH is 1. The Morgan fingerprint density at radius 3 is 2.26 bits per heavy atom. The molecule has 0 radical (unpaired) electrons. The van der Waals surface area contributed by atoms with Gasteiger partial charge in [0.2, 0.25) is 5.79 Å². The van der Waals surface area contributed by atoms with Crippen LogP contribution < -0.4 is 0 Å². The minimum absolute atomic E-state index is 0.0000159. The first-order chi connectivity index (χ1) is 34.6. The molecule has 1 amide bonds. The number of hydrogen-bond donors (Lipinski definition) is 3. The number of methoxy groups -OCH3 is 3. The monoisotopic (exact) mass is 1030 g/mol. The number of allylic oxidation sites excluding steroid dienone is 6. The van der Waals surface area contributed by atoms with Gasteiger partial charge in [-0.15, -0.1) is 0 Å². The molecule has 1 saturated carbocycles. The summed E-state index contributed by atoms with van der Waals surface area (Å²) in [6.07, 6.45) is 11.0. The summed E-state index contributed by atoms with van der Waals surface area (Å²) < 4.78 is 35.4. The third-order valence-corrected chi connectivity index (χ3v) is 15.4. The highest BCUT2D eigenvalue weighted by Crippen LogP contribution is 2.38. The number of cyclic esters (lactones) is 1. The molecule has 1 aliphatic carbocycles. The SMILES string of the molecule is CO[C@H]1C[C@@H]2CC[C@@H](C)[C@@](O)(O2)C(=O)C(=O)N2CCCC[C@H]2C(=O)O[C@H]([C@H](C)C[C@@H]2CC[C@@H](OC(=O)CCCCC(=O)O)[C@H](OC)C2)CC(=O)C/C=C(\C)[C@@H](O)[C@@H](OC)C(=O)[C@H](C)C[C@H](C)/C=C/C=CC=C1C. The number of carboxylic acids is 1. The highest BCUT2D eigenvalue weighted by atomic mass is 16.6. The first-order valence-corrected chi connectivity index (χ1v) is 26.5. The number of aliphatic hydroxyl groups is 2. The second-order valence-electron chi connectivity index (χ2n) is 21.2. The molecule has 0 aromatic carbocycles. The molecule has 73 heavy (non-hydrogen) atoms. The van der Waals surface area contributed by atoms with Crippen LogP contribution in [-0.2, 0) is 62.0 Å². The van der Waals surface area contributed by atoms with Crippen LogP contribution in [0.3, 0.4) is 0 Å². The van der Waals surface area contributed by atoms with E-state index in [4.69, 9.17) is 33.5 Å². The Labute approximate surface area is 432 Å². The summed E-state index contributed by atoms with van der Waals surface area (Å²) in [4.78, 5) is 95.4. The van der Waals surface area contributed by atoms with Gasteiger partial charge < -0.3 is 48.6 Å². The number of carbonyl (C=O) groups is 7. The number of ether oxygens (including phenoxy) is 6. The summed E-state index contributed by atoms with van der Waals surface area (Å²) in [5.74, 6) is -9.00. The number of hydrogen-bond acceptors (Lipinski definition) is 15. The van der Waals surface area contributed by atoms with Crippen LogP contribution in [0.15, 0.2) is 47.6 Å². The molecule has 2 saturated heterocycles. The maximum absolute atomic E-state index is 14.5. The van der Waals surface area contributed by atoms with Gasteiger partial charge in [-0.3, -0.25) is 28.8 Å². The molecule has 0 unspecified atom stereocenters. The molecule has 2 bridgehead atoms. The van der Waals surface area contributed by atoms with Crippen molar-refractivity contribution in [3.8, 4) is 0 Å². The van der Waals surface area contributed by atoms with Gasteiger partial charge in [0.25, 0.3) is 11.7 Å². The summed E-state index contributed by atoms with van der Waals surface area (Å²) in [5.41, 5.74) is 1.22. The number of esters is 2. The van der Waals surface area contributed by atoms with Crippen LogP contribution >= 0.6 is 0 Å². The number of Topliss-reactive ketones (excluding diaryl/α,β-unsaturated/α-hetero) is 3. The molecule has 4 aliphatic rings. The number of fused-ring (bicyclic) bond motifs is 3. The molecule has 0 spiro atoms. The second kappa shape index (κ2) is 29.6. The molecular formula is C56H85NO16. The van der Waals surface area contributed by atoms with E-state index < -0.39 is 102 Å². The van der Waals surface area contributed by atoms with E-state index in [1.54, 1.807) is 41.1 Å². The van der Waals surface area contributed by atoms with Crippen molar-refractivity contribution in [1.82, 2.24) is 4.90 Å². The van der Waals surface area contributed by atoms with Crippen molar-refractivity contribution in [3.05, 3.63) is 47.6 Å². The van der Waals surface area contributed by atoms with Gasteiger partial charge in [-0.05, 0) is 120 Å². The van der Waals surface area contributed by atoms with Crippen LogP contribution in [0.5, 0.6) is 0 Å². The van der Waals surface area contributed by atoms with Gasteiger partial charge in [-0.25, -0.2) is 4.79 Å². The average molecular weight is 1030 g/mol.